The molecule has 0 saturated heterocycles. The molecule has 2 aliphatic heterocycles. The maximum absolute atomic E-state index is 7.33. The number of para-hydroxylation sites is 3. The van der Waals surface area contributed by atoms with Crippen molar-refractivity contribution in [2.24, 2.45) is 0 Å². The summed E-state index contributed by atoms with van der Waals surface area (Å²) >= 11 is 1.94. The van der Waals surface area contributed by atoms with Crippen molar-refractivity contribution in [3.63, 3.8) is 0 Å². The van der Waals surface area contributed by atoms with Crippen LogP contribution >= 0.6 is 11.6 Å². The van der Waals surface area contributed by atoms with E-state index in [2.05, 4.69) is 223 Å². The van der Waals surface area contributed by atoms with E-state index in [4.69, 9.17) is 4.74 Å². The van der Waals surface area contributed by atoms with Gasteiger partial charge in [-0.05, 0) is 90.3 Å². The molecule has 276 valence electrons. The van der Waals surface area contributed by atoms with Gasteiger partial charge in [0.1, 0.15) is 11.5 Å². The molecule has 0 aliphatic carbocycles. The van der Waals surface area contributed by atoms with E-state index in [0.717, 1.165) is 22.7 Å². The van der Waals surface area contributed by atoms with E-state index in [1.54, 1.807) is 0 Å². The van der Waals surface area contributed by atoms with Gasteiger partial charge in [-0.3, -0.25) is 0 Å². The Hall–Kier alpha value is -6.79. The molecule has 1 aromatic heterocycles. The Labute approximate surface area is 349 Å². The third-order valence-electron chi connectivity index (χ3n) is 12.4. The molecule has 3 heterocycles. The summed E-state index contributed by atoms with van der Waals surface area (Å²) in [6.45, 7) is 0. The van der Waals surface area contributed by atoms with Gasteiger partial charge < -0.3 is 9.30 Å². The molecule has 59 heavy (non-hydrogen) atoms. The highest BCUT2D eigenvalue weighted by atomic mass is 32.2. The number of nitrogens with zero attached hydrogens (tertiary/aromatic N) is 1. The largest absolute Gasteiger partial charge is 0.456 e. The van der Waals surface area contributed by atoms with Gasteiger partial charge in [-0.1, -0.05) is 182 Å². The molecule has 0 unspecified atom stereocenters. The number of hydrogen-bond acceptors (Lipinski definition) is 2. The van der Waals surface area contributed by atoms with Crippen LogP contribution in [-0.2, 0) is 0 Å². The lowest BCUT2D eigenvalue weighted by atomic mass is 9.57. The summed E-state index contributed by atoms with van der Waals surface area (Å²) in [5.41, 5.74) is 10.7. The van der Waals surface area contributed by atoms with Gasteiger partial charge in [0.05, 0.1) is 16.7 Å². The van der Waals surface area contributed by atoms with E-state index in [-0.39, 0.29) is 5.99 Å². The first-order valence-corrected chi connectivity index (χ1v) is 23.2. The van der Waals surface area contributed by atoms with Crippen LogP contribution in [0.1, 0.15) is 0 Å². The molecular weight excluding hydrogens is 750 g/mol. The number of hydrogen-bond donors (Lipinski definition) is 0. The first-order valence-electron chi connectivity index (χ1n) is 20.3. The number of rotatable bonds is 6. The van der Waals surface area contributed by atoms with Crippen molar-refractivity contribution >= 4 is 79.2 Å². The molecule has 0 bridgehead atoms. The minimum absolute atomic E-state index is 0.0846. The standard InChI is InChI=1S/C54H36BNOSSi/c1-4-19-39(20-5-1)59(40-21-6-2-7-22-40,41-23-8-3-9-24-41)42-25-16-18-37(34-42)38-35-46-45-28-12-15-33-52(45)58-55-47-29-17-32-50(54(47)57-51(36-38)53(46)55)56-48-30-13-10-26-43(48)44-27-11-14-31-49(44)56/h1-36H. The summed E-state index contributed by atoms with van der Waals surface area (Å²) in [5.74, 6) is 1.93. The van der Waals surface area contributed by atoms with Gasteiger partial charge in [-0.2, -0.15) is 11.6 Å². The summed E-state index contributed by atoms with van der Waals surface area (Å²) in [6, 6.07) is 80.6. The van der Waals surface area contributed by atoms with E-state index in [0.29, 0.717) is 0 Å². The summed E-state index contributed by atoms with van der Waals surface area (Å²) in [6.07, 6.45) is 0. The second-order valence-corrected chi connectivity index (χ2v) is 20.5. The number of benzene rings is 9. The Morgan fingerprint density at radius 2 is 1.00 bits per heavy atom. The fourth-order valence-corrected chi connectivity index (χ4v) is 16.1. The highest BCUT2D eigenvalue weighted by Gasteiger charge is 2.42. The van der Waals surface area contributed by atoms with Gasteiger partial charge in [-0.15, -0.1) is 0 Å². The van der Waals surface area contributed by atoms with E-state index < -0.39 is 8.07 Å². The maximum Gasteiger partial charge on any atom is 0.289 e. The van der Waals surface area contributed by atoms with Crippen molar-refractivity contribution in [3.8, 4) is 39.4 Å². The van der Waals surface area contributed by atoms with Crippen LogP contribution in [0, 0.1) is 0 Å². The summed E-state index contributed by atoms with van der Waals surface area (Å²) < 4.78 is 9.73. The van der Waals surface area contributed by atoms with E-state index >= 15 is 0 Å². The van der Waals surface area contributed by atoms with Crippen LogP contribution < -0.4 is 36.4 Å². The van der Waals surface area contributed by atoms with Crippen LogP contribution in [0.15, 0.2) is 223 Å². The van der Waals surface area contributed by atoms with Crippen molar-refractivity contribution in [2.75, 3.05) is 0 Å². The topological polar surface area (TPSA) is 14.2 Å². The zero-order valence-corrected chi connectivity index (χ0v) is 33.9. The third-order valence-corrected chi connectivity index (χ3v) is 18.5. The lowest BCUT2D eigenvalue weighted by molar-refractivity contribution is 0.486. The van der Waals surface area contributed by atoms with Gasteiger partial charge in [0.2, 0.25) is 0 Å². The third kappa shape index (κ3) is 5.22. The van der Waals surface area contributed by atoms with Crippen LogP contribution in [0.4, 0.5) is 0 Å². The van der Waals surface area contributed by atoms with Gasteiger partial charge >= 0.3 is 0 Å². The first-order chi connectivity index (χ1) is 29.3. The maximum atomic E-state index is 7.33. The second-order valence-electron chi connectivity index (χ2n) is 15.5. The smallest absolute Gasteiger partial charge is 0.289 e. The molecule has 0 fully saturated rings. The van der Waals surface area contributed by atoms with Crippen LogP contribution in [0.2, 0.25) is 0 Å². The molecule has 0 amide bonds. The normalized spacial score (nSPS) is 12.8. The molecule has 12 rings (SSSR count). The van der Waals surface area contributed by atoms with Crippen molar-refractivity contribution in [1.29, 1.82) is 0 Å². The van der Waals surface area contributed by atoms with Crippen molar-refractivity contribution in [3.05, 3.63) is 218 Å². The SMILES string of the molecule is c1ccc([Si](c2ccccc2)(c2ccccc2)c2cccc(-c3cc4c5c(c3)-c3ccccc3SB5c3cccc(-n5c6ccccc6c6ccccc65)c3O4)c2)cc1. The lowest BCUT2D eigenvalue weighted by Crippen LogP contribution is -2.74. The van der Waals surface area contributed by atoms with E-state index in [1.165, 1.54) is 75.1 Å². The number of ether oxygens (including phenoxy) is 1. The van der Waals surface area contributed by atoms with Gasteiger partial charge in [-0.25, -0.2) is 0 Å². The minimum atomic E-state index is -2.74. The van der Waals surface area contributed by atoms with Crippen LogP contribution in [0.5, 0.6) is 11.5 Å². The molecular formula is C54H36BNOSSi. The van der Waals surface area contributed by atoms with Crippen molar-refractivity contribution in [2.45, 2.75) is 4.90 Å². The molecule has 0 N–H and O–H groups in total. The lowest BCUT2D eigenvalue weighted by Gasteiger charge is -2.35. The Kier molecular flexibility index (Phi) is 7.94. The first kappa shape index (κ1) is 34.3. The van der Waals surface area contributed by atoms with Gasteiger partial charge in [0.15, 0.2) is 8.07 Å². The fourth-order valence-electron chi connectivity index (χ4n) is 9.89. The number of aromatic nitrogens is 1. The molecule has 0 spiro atoms. The van der Waals surface area contributed by atoms with E-state index in [1.807, 2.05) is 11.6 Å². The molecule has 0 atom stereocenters. The summed E-state index contributed by atoms with van der Waals surface area (Å²) in [7, 11) is -2.74. The predicted octanol–water partition coefficient (Wildman–Crippen LogP) is 9.81. The van der Waals surface area contributed by atoms with Crippen LogP contribution in [0.3, 0.4) is 0 Å². The van der Waals surface area contributed by atoms with E-state index in [9.17, 15) is 0 Å². The predicted molar refractivity (Wildman–Crippen MR) is 253 cm³/mol. The average Bonchev–Trinajstić information content (AvgIpc) is 3.64. The van der Waals surface area contributed by atoms with Crippen molar-refractivity contribution < 1.29 is 4.74 Å². The fraction of sp³-hybridized carbons (Fsp3) is 0. The number of fused-ring (bicyclic) bond motifs is 7. The van der Waals surface area contributed by atoms with Gasteiger partial charge in [0, 0.05) is 15.7 Å². The molecule has 5 heteroatoms. The highest BCUT2D eigenvalue weighted by molar-refractivity contribution is 8.28. The minimum Gasteiger partial charge on any atom is -0.456 e. The molecule has 2 aliphatic rings. The molecule has 0 radical (unpaired) electrons. The summed E-state index contributed by atoms with van der Waals surface area (Å²) in [4.78, 5) is 1.29. The molecule has 2 nitrogen and oxygen atoms in total. The Morgan fingerprint density at radius 3 is 1.66 bits per heavy atom. The molecule has 10 aromatic rings. The Balaban J connectivity index is 1.08. The molecule has 0 saturated carbocycles. The second kappa shape index (κ2) is 13.7. The van der Waals surface area contributed by atoms with Crippen molar-refractivity contribution in [1.82, 2.24) is 4.57 Å². The summed E-state index contributed by atoms with van der Waals surface area (Å²) in [5, 5.41) is 7.91. The molecule has 9 aromatic carbocycles. The monoisotopic (exact) mass is 785 g/mol. The zero-order chi connectivity index (χ0) is 38.9. The quantitative estimate of drug-likeness (QED) is 0.123. The van der Waals surface area contributed by atoms with Gasteiger partial charge in [0.25, 0.3) is 5.99 Å². The highest BCUT2D eigenvalue weighted by Crippen LogP contribution is 2.46. The van der Waals surface area contributed by atoms with Crippen LogP contribution in [0.25, 0.3) is 49.7 Å². The average molecular weight is 786 g/mol. The Morgan fingerprint density at radius 1 is 0.441 bits per heavy atom. The zero-order valence-electron chi connectivity index (χ0n) is 32.1. The van der Waals surface area contributed by atoms with Crippen LogP contribution in [-0.4, -0.2) is 18.6 Å². The Bertz CT molecular complexity index is 3090.